The Hall–Kier alpha value is -2.13. The van der Waals surface area contributed by atoms with Gasteiger partial charge in [0, 0.05) is 36.8 Å². The third kappa shape index (κ3) is 5.23. The molecular formula is C19H20BrF3N4O. The standard InChI is InChI=1S/C19H20BrF3N4O/c1-13-2-4-16(15(20)10-13)25-18(28)12-26-6-8-27(9-7-26)17-5-3-14(11-24-17)19(21,22)23/h2-5,10-11H,6-9,12H2,1H3,(H,25,28). The largest absolute Gasteiger partial charge is 0.417 e. The molecule has 0 saturated carbocycles. The van der Waals surface area contributed by atoms with Crippen LogP contribution in [0.15, 0.2) is 41.0 Å². The van der Waals surface area contributed by atoms with Gasteiger partial charge in [-0.05, 0) is 52.7 Å². The predicted octanol–water partition coefficient (Wildman–Crippen LogP) is 3.93. The molecule has 150 valence electrons. The van der Waals surface area contributed by atoms with Gasteiger partial charge >= 0.3 is 6.18 Å². The first-order chi connectivity index (χ1) is 13.2. The van der Waals surface area contributed by atoms with Crippen molar-refractivity contribution in [3.05, 3.63) is 52.1 Å². The average Bonchev–Trinajstić information content (AvgIpc) is 2.64. The van der Waals surface area contributed by atoms with E-state index in [9.17, 15) is 18.0 Å². The number of alkyl halides is 3. The third-order valence-corrected chi connectivity index (χ3v) is 5.19. The van der Waals surface area contributed by atoms with Crippen LogP contribution in [0.3, 0.4) is 0 Å². The van der Waals surface area contributed by atoms with Crippen LogP contribution in [0.5, 0.6) is 0 Å². The summed E-state index contributed by atoms with van der Waals surface area (Å²) in [7, 11) is 0. The molecule has 1 fully saturated rings. The molecule has 1 aliphatic rings. The molecule has 0 bridgehead atoms. The number of nitrogens with one attached hydrogen (secondary N) is 1. The van der Waals surface area contributed by atoms with Crippen LogP contribution in [-0.2, 0) is 11.0 Å². The zero-order valence-electron chi connectivity index (χ0n) is 15.3. The Morgan fingerprint density at radius 1 is 1.18 bits per heavy atom. The molecule has 0 aliphatic carbocycles. The second-order valence-electron chi connectivity index (χ2n) is 6.70. The first kappa shape index (κ1) is 20.6. The number of pyridine rings is 1. The number of anilines is 2. The van der Waals surface area contributed by atoms with E-state index >= 15 is 0 Å². The second-order valence-corrected chi connectivity index (χ2v) is 7.55. The number of amides is 1. The number of rotatable bonds is 4. The van der Waals surface area contributed by atoms with Gasteiger partial charge in [0.05, 0.1) is 17.8 Å². The van der Waals surface area contributed by atoms with E-state index in [2.05, 4.69) is 26.2 Å². The van der Waals surface area contributed by atoms with Gasteiger partial charge in [0.2, 0.25) is 5.91 Å². The van der Waals surface area contributed by atoms with Crippen molar-refractivity contribution in [1.82, 2.24) is 9.88 Å². The number of piperazine rings is 1. The fourth-order valence-corrected chi connectivity index (χ4v) is 3.58. The molecule has 2 heterocycles. The van der Waals surface area contributed by atoms with Gasteiger partial charge in [0.15, 0.2) is 0 Å². The number of aryl methyl sites for hydroxylation is 1. The summed E-state index contributed by atoms with van der Waals surface area (Å²) in [6.07, 6.45) is -3.53. The zero-order chi connectivity index (χ0) is 20.3. The molecular weight excluding hydrogens is 437 g/mol. The topological polar surface area (TPSA) is 48.5 Å². The summed E-state index contributed by atoms with van der Waals surface area (Å²) in [6, 6.07) is 8.15. The molecule has 0 atom stereocenters. The Morgan fingerprint density at radius 2 is 1.89 bits per heavy atom. The number of hydrogen-bond acceptors (Lipinski definition) is 4. The summed E-state index contributed by atoms with van der Waals surface area (Å²) in [5.41, 5.74) is 1.06. The van der Waals surface area contributed by atoms with Crippen LogP contribution in [0.25, 0.3) is 0 Å². The molecule has 1 N–H and O–H groups in total. The molecule has 28 heavy (non-hydrogen) atoms. The van der Waals surface area contributed by atoms with Crippen molar-refractivity contribution >= 4 is 33.3 Å². The molecule has 0 spiro atoms. The predicted molar refractivity (Wildman–Crippen MR) is 105 cm³/mol. The number of benzene rings is 1. The van der Waals surface area contributed by atoms with Crippen molar-refractivity contribution < 1.29 is 18.0 Å². The lowest BCUT2D eigenvalue weighted by Crippen LogP contribution is -2.49. The second kappa shape index (κ2) is 8.48. The maximum absolute atomic E-state index is 12.6. The summed E-state index contributed by atoms with van der Waals surface area (Å²) in [5, 5.41) is 2.89. The Morgan fingerprint density at radius 3 is 2.46 bits per heavy atom. The van der Waals surface area contributed by atoms with Gasteiger partial charge in [0.25, 0.3) is 0 Å². The van der Waals surface area contributed by atoms with Crippen LogP contribution in [-0.4, -0.2) is 48.5 Å². The monoisotopic (exact) mass is 456 g/mol. The maximum atomic E-state index is 12.6. The minimum absolute atomic E-state index is 0.106. The summed E-state index contributed by atoms with van der Waals surface area (Å²) in [5.74, 6) is 0.409. The lowest BCUT2D eigenvalue weighted by atomic mass is 10.2. The first-order valence-electron chi connectivity index (χ1n) is 8.79. The Kier molecular flexibility index (Phi) is 6.24. The number of halogens is 4. The van der Waals surface area contributed by atoms with Crippen molar-refractivity contribution in [2.24, 2.45) is 0 Å². The lowest BCUT2D eigenvalue weighted by Gasteiger charge is -2.35. The number of aromatic nitrogens is 1. The molecule has 1 saturated heterocycles. The first-order valence-corrected chi connectivity index (χ1v) is 9.58. The van der Waals surface area contributed by atoms with Crippen LogP contribution in [0.4, 0.5) is 24.7 Å². The van der Waals surface area contributed by atoms with Crippen molar-refractivity contribution in [2.45, 2.75) is 13.1 Å². The third-order valence-electron chi connectivity index (χ3n) is 4.54. The van der Waals surface area contributed by atoms with Crippen LogP contribution in [0.1, 0.15) is 11.1 Å². The highest BCUT2D eigenvalue weighted by Crippen LogP contribution is 2.29. The number of carbonyl (C=O) groups excluding carboxylic acids is 1. The smallest absolute Gasteiger partial charge is 0.354 e. The quantitative estimate of drug-likeness (QED) is 0.756. The van der Waals surface area contributed by atoms with Crippen molar-refractivity contribution in [1.29, 1.82) is 0 Å². The Labute approximate surface area is 169 Å². The Balaban J connectivity index is 1.50. The number of nitrogens with zero attached hydrogens (tertiary/aromatic N) is 3. The molecule has 0 unspecified atom stereocenters. The van der Waals surface area contributed by atoms with E-state index < -0.39 is 11.7 Å². The van der Waals surface area contributed by atoms with E-state index in [4.69, 9.17) is 0 Å². The highest BCUT2D eigenvalue weighted by atomic mass is 79.9. The van der Waals surface area contributed by atoms with E-state index in [-0.39, 0.29) is 12.5 Å². The minimum atomic E-state index is -4.38. The van der Waals surface area contributed by atoms with E-state index in [1.165, 1.54) is 6.07 Å². The molecule has 2 aromatic rings. The van der Waals surface area contributed by atoms with E-state index in [0.717, 1.165) is 28.0 Å². The van der Waals surface area contributed by atoms with Crippen LogP contribution >= 0.6 is 15.9 Å². The Bertz CT molecular complexity index is 834. The summed E-state index contributed by atoms with van der Waals surface area (Å²) < 4.78 is 38.7. The van der Waals surface area contributed by atoms with Crippen molar-refractivity contribution in [3.63, 3.8) is 0 Å². The highest BCUT2D eigenvalue weighted by molar-refractivity contribution is 9.10. The van der Waals surface area contributed by atoms with Gasteiger partial charge in [-0.25, -0.2) is 4.98 Å². The molecule has 1 aromatic carbocycles. The highest BCUT2D eigenvalue weighted by Gasteiger charge is 2.31. The van der Waals surface area contributed by atoms with Crippen molar-refractivity contribution in [2.75, 3.05) is 42.9 Å². The van der Waals surface area contributed by atoms with Crippen LogP contribution in [0.2, 0.25) is 0 Å². The molecule has 3 rings (SSSR count). The fourth-order valence-electron chi connectivity index (χ4n) is 2.99. The normalized spacial score (nSPS) is 15.5. The fraction of sp³-hybridized carbons (Fsp3) is 0.368. The van der Waals surface area contributed by atoms with Gasteiger partial charge in [-0.1, -0.05) is 6.07 Å². The van der Waals surface area contributed by atoms with Crippen molar-refractivity contribution in [3.8, 4) is 0 Å². The number of hydrogen-bond donors (Lipinski definition) is 1. The van der Waals surface area contributed by atoms with Crippen LogP contribution in [0, 0.1) is 6.92 Å². The van der Waals surface area contributed by atoms with Gasteiger partial charge < -0.3 is 10.2 Å². The molecule has 9 heteroatoms. The van der Waals surface area contributed by atoms with E-state index in [1.54, 1.807) is 0 Å². The zero-order valence-corrected chi connectivity index (χ0v) is 16.8. The molecule has 5 nitrogen and oxygen atoms in total. The molecule has 1 aliphatic heterocycles. The molecule has 1 amide bonds. The summed E-state index contributed by atoms with van der Waals surface area (Å²) >= 11 is 3.44. The van der Waals surface area contributed by atoms with E-state index in [1.807, 2.05) is 34.9 Å². The summed E-state index contributed by atoms with van der Waals surface area (Å²) in [4.78, 5) is 20.2. The lowest BCUT2D eigenvalue weighted by molar-refractivity contribution is -0.137. The molecule has 1 aromatic heterocycles. The maximum Gasteiger partial charge on any atom is 0.417 e. The SMILES string of the molecule is Cc1ccc(NC(=O)CN2CCN(c3ccc(C(F)(F)F)cn3)CC2)c(Br)c1. The van der Waals surface area contributed by atoms with Gasteiger partial charge in [-0.2, -0.15) is 13.2 Å². The number of carbonyl (C=O) groups is 1. The average molecular weight is 457 g/mol. The molecule has 0 radical (unpaired) electrons. The van der Waals surface area contributed by atoms with E-state index in [0.29, 0.717) is 32.0 Å². The van der Waals surface area contributed by atoms with Gasteiger partial charge in [0.1, 0.15) is 5.82 Å². The van der Waals surface area contributed by atoms with Gasteiger partial charge in [-0.3, -0.25) is 9.69 Å². The van der Waals surface area contributed by atoms with Gasteiger partial charge in [-0.15, -0.1) is 0 Å². The summed E-state index contributed by atoms with van der Waals surface area (Å²) in [6.45, 7) is 4.69. The minimum Gasteiger partial charge on any atom is -0.354 e. The van der Waals surface area contributed by atoms with Crippen LogP contribution < -0.4 is 10.2 Å².